The number of nitrogens with zero attached hydrogens (tertiary/aromatic N) is 4. The van der Waals surface area contributed by atoms with Crippen molar-refractivity contribution >= 4 is 28.8 Å². The van der Waals surface area contributed by atoms with E-state index < -0.39 is 0 Å². The van der Waals surface area contributed by atoms with Gasteiger partial charge in [-0.15, -0.1) is 11.3 Å². The van der Waals surface area contributed by atoms with Crippen molar-refractivity contribution in [1.29, 1.82) is 0 Å². The Morgan fingerprint density at radius 2 is 2.09 bits per heavy atom. The molecule has 1 amide bonds. The van der Waals surface area contributed by atoms with Gasteiger partial charge in [0.05, 0.1) is 12.2 Å². The Morgan fingerprint density at radius 1 is 1.35 bits per heavy atom. The van der Waals surface area contributed by atoms with Crippen molar-refractivity contribution in [3.63, 3.8) is 0 Å². The number of amides is 1. The first-order valence-electron chi connectivity index (χ1n) is 7.02. The number of thiazole rings is 1. The molecule has 0 unspecified atom stereocenters. The first kappa shape index (κ1) is 15.7. The average molecular weight is 347 g/mol. The Morgan fingerprint density at radius 3 is 2.74 bits per heavy atom. The van der Waals surface area contributed by atoms with Crippen LogP contribution in [0, 0.1) is 6.92 Å². The maximum atomic E-state index is 12.5. The lowest BCUT2D eigenvalue weighted by Crippen LogP contribution is -2.13. The minimum atomic E-state index is -0.370. The van der Waals surface area contributed by atoms with E-state index >= 15 is 0 Å². The summed E-state index contributed by atoms with van der Waals surface area (Å²) in [7, 11) is 1.84. The molecule has 2 heterocycles. The molecule has 0 bridgehead atoms. The second kappa shape index (κ2) is 6.52. The average Bonchev–Trinajstić information content (AvgIpc) is 3.04. The third kappa shape index (κ3) is 3.28. The Balaban J connectivity index is 1.95. The minimum absolute atomic E-state index is 0.319. The molecule has 1 aromatic carbocycles. The van der Waals surface area contributed by atoms with Crippen molar-refractivity contribution in [2.45, 2.75) is 13.5 Å². The highest BCUT2D eigenvalue weighted by Gasteiger charge is 2.20. The smallest absolute Gasteiger partial charge is 0.284 e. The fraction of sp³-hybridized carbons (Fsp3) is 0.188. The van der Waals surface area contributed by atoms with Crippen LogP contribution in [0.5, 0.6) is 0 Å². The van der Waals surface area contributed by atoms with Gasteiger partial charge in [-0.25, -0.2) is 4.68 Å². The van der Waals surface area contributed by atoms with Crippen molar-refractivity contribution in [2.75, 3.05) is 0 Å². The molecule has 7 heteroatoms. The number of rotatable bonds is 3. The van der Waals surface area contributed by atoms with Crippen molar-refractivity contribution < 1.29 is 4.79 Å². The first-order valence-corrected chi connectivity index (χ1v) is 8.28. The summed E-state index contributed by atoms with van der Waals surface area (Å²) in [5.74, 6) is -0.370. The van der Waals surface area contributed by atoms with Crippen LogP contribution < -0.4 is 4.80 Å². The second-order valence-corrected chi connectivity index (χ2v) is 6.34. The van der Waals surface area contributed by atoms with Crippen LogP contribution >= 0.6 is 22.9 Å². The maximum absolute atomic E-state index is 12.5. The van der Waals surface area contributed by atoms with Crippen LogP contribution in [0.1, 0.15) is 21.6 Å². The quantitative estimate of drug-likeness (QED) is 0.732. The van der Waals surface area contributed by atoms with E-state index in [4.69, 9.17) is 11.6 Å². The van der Waals surface area contributed by atoms with Gasteiger partial charge in [-0.2, -0.15) is 10.1 Å². The molecule has 0 radical (unpaired) electrons. The van der Waals surface area contributed by atoms with Crippen LogP contribution in [0.3, 0.4) is 0 Å². The summed E-state index contributed by atoms with van der Waals surface area (Å²) in [6.45, 7) is 2.28. The van der Waals surface area contributed by atoms with Gasteiger partial charge >= 0.3 is 0 Å². The van der Waals surface area contributed by atoms with Crippen molar-refractivity contribution in [3.8, 4) is 0 Å². The van der Waals surface area contributed by atoms with E-state index in [0.717, 1.165) is 5.56 Å². The molecule has 0 atom stereocenters. The highest BCUT2D eigenvalue weighted by atomic mass is 35.5. The molecule has 0 saturated heterocycles. The van der Waals surface area contributed by atoms with Crippen LogP contribution in [-0.4, -0.2) is 20.3 Å². The Labute approximate surface area is 142 Å². The van der Waals surface area contributed by atoms with Gasteiger partial charge in [-0.3, -0.25) is 4.79 Å². The first-order chi connectivity index (χ1) is 11.1. The lowest BCUT2D eigenvalue weighted by Gasteiger charge is -2.03. The van der Waals surface area contributed by atoms with E-state index in [1.54, 1.807) is 16.2 Å². The van der Waals surface area contributed by atoms with Gasteiger partial charge in [0.15, 0.2) is 4.80 Å². The van der Waals surface area contributed by atoms with E-state index in [9.17, 15) is 4.79 Å². The lowest BCUT2D eigenvalue weighted by atomic mass is 10.2. The summed E-state index contributed by atoms with van der Waals surface area (Å²) in [5, 5.41) is 6.57. The summed E-state index contributed by atoms with van der Waals surface area (Å²) in [6, 6.07) is 9.85. The number of aromatic nitrogens is 3. The maximum Gasteiger partial charge on any atom is 0.284 e. The molecular weight excluding hydrogens is 332 g/mol. The van der Waals surface area contributed by atoms with Crippen LogP contribution in [0.25, 0.3) is 0 Å². The predicted molar refractivity (Wildman–Crippen MR) is 90.7 cm³/mol. The minimum Gasteiger partial charge on any atom is -0.327 e. The zero-order valence-electron chi connectivity index (χ0n) is 12.7. The fourth-order valence-electron chi connectivity index (χ4n) is 2.23. The van der Waals surface area contributed by atoms with Crippen LogP contribution in [-0.2, 0) is 13.6 Å². The van der Waals surface area contributed by atoms with Gasteiger partial charge in [0.2, 0.25) is 0 Å². The molecule has 0 spiro atoms. The van der Waals surface area contributed by atoms with E-state index in [1.807, 2.05) is 49.0 Å². The number of hydrogen-bond acceptors (Lipinski definition) is 3. The van der Waals surface area contributed by atoms with E-state index in [0.29, 0.717) is 27.8 Å². The summed E-state index contributed by atoms with van der Waals surface area (Å²) in [6.07, 6.45) is 1.85. The molecule has 3 rings (SSSR count). The summed E-state index contributed by atoms with van der Waals surface area (Å²) >= 11 is 7.77. The SMILES string of the molecule is Cc1nn(Cc2ccccc2)c(Cl)c1C(=O)N=c1sccn1C. The zero-order valence-corrected chi connectivity index (χ0v) is 14.3. The fourth-order valence-corrected chi connectivity index (χ4v) is 3.28. The van der Waals surface area contributed by atoms with Crippen molar-refractivity contribution in [3.05, 3.63) is 68.7 Å². The number of hydrogen-bond donors (Lipinski definition) is 0. The third-order valence-electron chi connectivity index (χ3n) is 3.41. The number of aryl methyl sites for hydroxylation is 2. The Hall–Kier alpha value is -2.18. The normalized spacial score (nSPS) is 11.9. The molecule has 3 aromatic rings. The molecule has 0 aliphatic carbocycles. The highest BCUT2D eigenvalue weighted by molar-refractivity contribution is 7.07. The molecule has 0 saturated carbocycles. The van der Waals surface area contributed by atoms with Gasteiger partial charge in [-0.1, -0.05) is 41.9 Å². The number of halogens is 1. The number of benzene rings is 1. The van der Waals surface area contributed by atoms with Crippen molar-refractivity contribution in [1.82, 2.24) is 14.3 Å². The van der Waals surface area contributed by atoms with Gasteiger partial charge in [0, 0.05) is 18.6 Å². The van der Waals surface area contributed by atoms with E-state index in [2.05, 4.69) is 10.1 Å². The highest BCUT2D eigenvalue weighted by Crippen LogP contribution is 2.21. The van der Waals surface area contributed by atoms with Gasteiger partial charge in [-0.05, 0) is 12.5 Å². The van der Waals surface area contributed by atoms with Gasteiger partial charge in [0.25, 0.3) is 5.91 Å². The summed E-state index contributed by atoms with van der Waals surface area (Å²) in [5.41, 5.74) is 2.01. The van der Waals surface area contributed by atoms with Crippen molar-refractivity contribution in [2.24, 2.45) is 12.0 Å². The molecule has 0 fully saturated rings. The van der Waals surface area contributed by atoms with Gasteiger partial charge < -0.3 is 4.57 Å². The predicted octanol–water partition coefficient (Wildman–Crippen LogP) is 3.03. The molecule has 0 aliphatic rings. The molecule has 0 N–H and O–H groups in total. The largest absolute Gasteiger partial charge is 0.327 e. The Bertz CT molecular complexity index is 908. The van der Waals surface area contributed by atoms with Crippen LogP contribution in [0.2, 0.25) is 5.15 Å². The number of carbonyl (C=O) groups is 1. The molecule has 2 aromatic heterocycles. The third-order valence-corrected chi connectivity index (χ3v) is 4.64. The lowest BCUT2D eigenvalue weighted by molar-refractivity contribution is 0.0997. The molecule has 118 valence electrons. The monoisotopic (exact) mass is 346 g/mol. The summed E-state index contributed by atoms with van der Waals surface area (Å²) in [4.78, 5) is 17.2. The van der Waals surface area contributed by atoms with E-state index in [-0.39, 0.29) is 5.91 Å². The Kier molecular flexibility index (Phi) is 4.45. The zero-order chi connectivity index (χ0) is 16.4. The van der Waals surface area contributed by atoms with Crippen LogP contribution in [0.4, 0.5) is 0 Å². The van der Waals surface area contributed by atoms with E-state index in [1.165, 1.54) is 11.3 Å². The van der Waals surface area contributed by atoms with Crippen LogP contribution in [0.15, 0.2) is 46.9 Å². The molecule has 0 aliphatic heterocycles. The van der Waals surface area contributed by atoms with Gasteiger partial charge in [0.1, 0.15) is 10.7 Å². The molecular formula is C16H15ClN4OS. The summed E-state index contributed by atoms with van der Waals surface area (Å²) < 4.78 is 3.42. The second-order valence-electron chi connectivity index (χ2n) is 5.11. The standard InChI is InChI=1S/C16H15ClN4OS/c1-11-13(15(22)18-16-20(2)8-9-23-16)14(17)21(19-11)10-12-6-4-3-5-7-12/h3-9H,10H2,1-2H3. The number of carbonyl (C=O) groups excluding carboxylic acids is 1. The topological polar surface area (TPSA) is 52.2 Å². The molecule has 23 heavy (non-hydrogen) atoms. The molecule has 5 nitrogen and oxygen atoms in total.